The summed E-state index contributed by atoms with van der Waals surface area (Å²) in [5.74, 6) is -0.426. The zero-order valence-corrected chi connectivity index (χ0v) is 18.1. The molecule has 2 saturated heterocycles. The molecule has 168 valence electrons. The lowest BCUT2D eigenvalue weighted by molar-refractivity contribution is -0.156. The Hall–Kier alpha value is -3.39. The number of benzene rings is 2. The molecule has 3 atom stereocenters. The maximum atomic E-state index is 13.1. The molecule has 4 amide bonds. The predicted molar refractivity (Wildman–Crippen MR) is 118 cm³/mol. The molecule has 8 nitrogen and oxygen atoms in total. The molecule has 2 aliphatic rings. The SMILES string of the molecule is C[C@@H](OCc1ccccc1)[C@@H]1NC(=O)[C@H]2CN(C(=O)NCc3ccccc3)CCN2C1=O. The number of ether oxygens (including phenoxy) is 1. The molecule has 2 heterocycles. The van der Waals surface area contributed by atoms with Crippen LogP contribution in [0, 0.1) is 0 Å². The Kier molecular flexibility index (Phi) is 6.70. The summed E-state index contributed by atoms with van der Waals surface area (Å²) in [6.07, 6.45) is -0.472. The van der Waals surface area contributed by atoms with Gasteiger partial charge in [-0.2, -0.15) is 0 Å². The average molecular weight is 437 g/mol. The lowest BCUT2D eigenvalue weighted by Crippen LogP contribution is -2.71. The van der Waals surface area contributed by atoms with Crippen LogP contribution in [0.1, 0.15) is 18.1 Å². The van der Waals surface area contributed by atoms with Gasteiger partial charge in [-0.1, -0.05) is 60.7 Å². The fraction of sp³-hybridized carbons (Fsp3) is 0.375. The smallest absolute Gasteiger partial charge is 0.317 e. The first-order valence-electron chi connectivity index (χ1n) is 10.9. The lowest BCUT2D eigenvalue weighted by atomic mass is 10.0. The molecule has 0 spiro atoms. The Balaban J connectivity index is 1.32. The topological polar surface area (TPSA) is 91.0 Å². The van der Waals surface area contributed by atoms with Crippen molar-refractivity contribution in [3.05, 3.63) is 71.8 Å². The van der Waals surface area contributed by atoms with Crippen molar-refractivity contribution < 1.29 is 19.1 Å². The summed E-state index contributed by atoms with van der Waals surface area (Å²) in [6.45, 7) is 3.43. The molecule has 2 N–H and O–H groups in total. The van der Waals surface area contributed by atoms with Gasteiger partial charge in [-0.05, 0) is 18.1 Å². The number of hydrogen-bond acceptors (Lipinski definition) is 4. The first-order valence-corrected chi connectivity index (χ1v) is 10.9. The van der Waals surface area contributed by atoms with Crippen molar-refractivity contribution >= 4 is 17.8 Å². The second-order valence-electron chi connectivity index (χ2n) is 8.13. The van der Waals surface area contributed by atoms with Gasteiger partial charge >= 0.3 is 6.03 Å². The largest absolute Gasteiger partial charge is 0.371 e. The predicted octanol–water partition coefficient (Wildman–Crippen LogP) is 1.51. The van der Waals surface area contributed by atoms with Crippen LogP contribution in [0.4, 0.5) is 4.79 Å². The summed E-state index contributed by atoms with van der Waals surface area (Å²) < 4.78 is 5.86. The Morgan fingerprint density at radius 2 is 1.72 bits per heavy atom. The summed E-state index contributed by atoms with van der Waals surface area (Å²) in [4.78, 5) is 41.6. The summed E-state index contributed by atoms with van der Waals surface area (Å²) in [5.41, 5.74) is 2.00. The Bertz CT molecular complexity index is 953. The van der Waals surface area contributed by atoms with Crippen molar-refractivity contribution in [1.82, 2.24) is 20.4 Å². The molecule has 2 aromatic rings. The van der Waals surface area contributed by atoms with Gasteiger partial charge in [0, 0.05) is 19.6 Å². The zero-order chi connectivity index (χ0) is 22.5. The fourth-order valence-corrected chi connectivity index (χ4v) is 4.05. The van der Waals surface area contributed by atoms with E-state index in [1.807, 2.05) is 60.7 Å². The van der Waals surface area contributed by atoms with Gasteiger partial charge in [-0.3, -0.25) is 9.59 Å². The number of nitrogens with one attached hydrogen (secondary N) is 2. The summed E-state index contributed by atoms with van der Waals surface area (Å²) >= 11 is 0. The summed E-state index contributed by atoms with van der Waals surface area (Å²) in [7, 11) is 0. The van der Waals surface area contributed by atoms with E-state index in [9.17, 15) is 14.4 Å². The first-order chi connectivity index (χ1) is 15.5. The molecule has 0 radical (unpaired) electrons. The van der Waals surface area contributed by atoms with Crippen LogP contribution in [0.25, 0.3) is 0 Å². The number of urea groups is 1. The highest BCUT2D eigenvalue weighted by Gasteiger charge is 2.46. The Morgan fingerprint density at radius 3 is 2.41 bits per heavy atom. The number of carbonyl (C=O) groups excluding carboxylic acids is 3. The van der Waals surface area contributed by atoms with E-state index in [4.69, 9.17) is 4.74 Å². The molecule has 0 unspecified atom stereocenters. The van der Waals surface area contributed by atoms with E-state index >= 15 is 0 Å². The highest BCUT2D eigenvalue weighted by molar-refractivity contribution is 5.98. The van der Waals surface area contributed by atoms with Crippen molar-refractivity contribution in [2.75, 3.05) is 19.6 Å². The highest BCUT2D eigenvalue weighted by atomic mass is 16.5. The van der Waals surface area contributed by atoms with Crippen LogP contribution in [-0.2, 0) is 27.5 Å². The van der Waals surface area contributed by atoms with Gasteiger partial charge in [-0.25, -0.2) is 4.79 Å². The molecule has 0 saturated carbocycles. The van der Waals surface area contributed by atoms with E-state index in [1.165, 1.54) is 0 Å². The molecule has 0 aliphatic carbocycles. The van der Waals surface area contributed by atoms with Crippen LogP contribution in [0.15, 0.2) is 60.7 Å². The third kappa shape index (κ3) is 4.91. The van der Waals surface area contributed by atoms with Gasteiger partial charge < -0.3 is 25.2 Å². The van der Waals surface area contributed by atoms with Crippen molar-refractivity contribution in [3.8, 4) is 0 Å². The standard InChI is InChI=1S/C24H28N4O4/c1-17(32-16-19-10-6-3-7-11-19)21-23(30)28-13-12-27(15-20(28)22(29)26-21)24(31)25-14-18-8-4-2-5-9-18/h2-11,17,20-21H,12-16H2,1H3,(H,25,31)(H,26,29)/t17-,20-,21+/m1/s1. The number of hydrogen-bond donors (Lipinski definition) is 2. The van der Waals surface area contributed by atoms with E-state index in [0.717, 1.165) is 11.1 Å². The van der Waals surface area contributed by atoms with Crippen molar-refractivity contribution in [2.45, 2.75) is 38.3 Å². The van der Waals surface area contributed by atoms with Gasteiger partial charge in [0.05, 0.1) is 19.3 Å². The number of amides is 4. The van der Waals surface area contributed by atoms with Crippen LogP contribution in [0.5, 0.6) is 0 Å². The van der Waals surface area contributed by atoms with Crippen LogP contribution in [0.3, 0.4) is 0 Å². The van der Waals surface area contributed by atoms with Gasteiger partial charge in [0.1, 0.15) is 12.1 Å². The lowest BCUT2D eigenvalue weighted by Gasteiger charge is -2.46. The monoisotopic (exact) mass is 436 g/mol. The van der Waals surface area contributed by atoms with Crippen molar-refractivity contribution in [1.29, 1.82) is 0 Å². The maximum absolute atomic E-state index is 13.1. The van der Waals surface area contributed by atoms with Gasteiger partial charge in [0.15, 0.2) is 0 Å². The van der Waals surface area contributed by atoms with Crippen LogP contribution in [-0.4, -0.2) is 65.5 Å². The van der Waals surface area contributed by atoms with Crippen LogP contribution >= 0.6 is 0 Å². The van der Waals surface area contributed by atoms with E-state index in [1.54, 1.807) is 16.7 Å². The van der Waals surface area contributed by atoms with E-state index < -0.39 is 18.2 Å². The minimum absolute atomic E-state index is 0.167. The second-order valence-corrected chi connectivity index (χ2v) is 8.13. The number of fused-ring (bicyclic) bond motifs is 1. The fourth-order valence-electron chi connectivity index (χ4n) is 4.05. The Labute approximate surface area is 187 Å². The third-order valence-corrected chi connectivity index (χ3v) is 5.93. The number of rotatable bonds is 6. The molecular weight excluding hydrogens is 408 g/mol. The molecule has 2 aliphatic heterocycles. The summed E-state index contributed by atoms with van der Waals surface area (Å²) in [6, 6.07) is 17.7. The first kappa shape index (κ1) is 21.8. The van der Waals surface area contributed by atoms with E-state index in [0.29, 0.717) is 26.2 Å². The van der Waals surface area contributed by atoms with Crippen molar-refractivity contribution in [2.24, 2.45) is 0 Å². The normalized spacial score (nSPS) is 21.5. The van der Waals surface area contributed by atoms with E-state index in [-0.39, 0.29) is 24.4 Å². The molecule has 2 aromatic carbocycles. The molecule has 4 rings (SSSR count). The molecule has 2 fully saturated rings. The number of nitrogens with zero attached hydrogens (tertiary/aromatic N) is 2. The average Bonchev–Trinajstić information content (AvgIpc) is 2.84. The van der Waals surface area contributed by atoms with E-state index in [2.05, 4.69) is 10.6 Å². The molecule has 8 heteroatoms. The summed E-state index contributed by atoms with van der Waals surface area (Å²) in [5, 5.41) is 5.69. The van der Waals surface area contributed by atoms with Gasteiger partial charge in [-0.15, -0.1) is 0 Å². The maximum Gasteiger partial charge on any atom is 0.317 e. The molecule has 0 bridgehead atoms. The third-order valence-electron chi connectivity index (χ3n) is 5.93. The Morgan fingerprint density at radius 1 is 1.06 bits per heavy atom. The molecular formula is C24H28N4O4. The van der Waals surface area contributed by atoms with Crippen LogP contribution in [0.2, 0.25) is 0 Å². The molecule has 32 heavy (non-hydrogen) atoms. The minimum atomic E-state index is -0.735. The molecule has 0 aromatic heterocycles. The number of piperazine rings is 2. The zero-order valence-electron chi connectivity index (χ0n) is 18.1. The van der Waals surface area contributed by atoms with Crippen LogP contribution < -0.4 is 10.6 Å². The van der Waals surface area contributed by atoms with Crippen molar-refractivity contribution in [3.63, 3.8) is 0 Å². The second kappa shape index (κ2) is 9.82. The number of carbonyl (C=O) groups is 3. The quantitative estimate of drug-likeness (QED) is 0.718. The highest BCUT2D eigenvalue weighted by Crippen LogP contribution is 2.19. The minimum Gasteiger partial charge on any atom is -0.371 e. The van der Waals surface area contributed by atoms with Gasteiger partial charge in [0.25, 0.3) is 0 Å². The van der Waals surface area contributed by atoms with Gasteiger partial charge in [0.2, 0.25) is 11.8 Å².